The predicted octanol–water partition coefficient (Wildman–Crippen LogP) is 5.32. The van der Waals surface area contributed by atoms with Crippen LogP contribution in [0.3, 0.4) is 0 Å². The third-order valence-electron chi connectivity index (χ3n) is 6.26. The number of hydrogen-bond donors (Lipinski definition) is 0. The smallest absolute Gasteiger partial charge is 0.417 e. The third kappa shape index (κ3) is 5.26. The van der Waals surface area contributed by atoms with E-state index in [2.05, 4.69) is 15.0 Å². The summed E-state index contributed by atoms with van der Waals surface area (Å²) in [5.41, 5.74) is -0.0630. The van der Waals surface area contributed by atoms with Crippen molar-refractivity contribution in [2.24, 2.45) is 5.92 Å². The number of piperidine rings is 1. The Bertz CT molecular complexity index is 1190. The van der Waals surface area contributed by atoms with E-state index in [9.17, 15) is 22.4 Å². The van der Waals surface area contributed by atoms with Crippen LogP contribution >= 0.6 is 0 Å². The number of ether oxygens (including phenoxy) is 1. The molecule has 3 heterocycles. The van der Waals surface area contributed by atoms with Gasteiger partial charge < -0.3 is 9.64 Å². The van der Waals surface area contributed by atoms with Crippen LogP contribution < -0.4 is 4.74 Å². The molecule has 1 aliphatic heterocycles. The van der Waals surface area contributed by atoms with Gasteiger partial charge in [0.15, 0.2) is 5.82 Å². The Morgan fingerprint density at radius 1 is 1.14 bits per heavy atom. The average Bonchev–Trinajstić information content (AvgIpc) is 2.84. The van der Waals surface area contributed by atoms with E-state index in [1.165, 1.54) is 12.1 Å². The zero-order chi connectivity index (χ0) is 25.2. The minimum Gasteiger partial charge on any atom is -0.475 e. The lowest BCUT2D eigenvalue weighted by Gasteiger charge is -2.40. The van der Waals surface area contributed by atoms with E-state index in [4.69, 9.17) is 4.74 Å². The second-order valence-corrected chi connectivity index (χ2v) is 8.55. The number of benzene rings is 1. The van der Waals surface area contributed by atoms with Crippen LogP contribution in [0.15, 0.2) is 48.9 Å². The highest BCUT2D eigenvalue weighted by molar-refractivity contribution is 6.01. The highest BCUT2D eigenvalue weighted by Gasteiger charge is 2.35. The Morgan fingerprint density at radius 2 is 1.89 bits per heavy atom. The summed E-state index contributed by atoms with van der Waals surface area (Å²) in [6.07, 6.45) is 0.917. The molecule has 1 saturated heterocycles. The fourth-order valence-electron chi connectivity index (χ4n) is 4.29. The minimum absolute atomic E-state index is 0.0310. The first-order chi connectivity index (χ1) is 16.7. The van der Waals surface area contributed by atoms with Crippen molar-refractivity contribution >= 4 is 5.91 Å². The molecule has 1 aromatic carbocycles. The normalized spacial score (nSPS) is 18.4. The molecular weight excluding hydrogens is 464 g/mol. The molecule has 4 rings (SSSR count). The zero-order valence-corrected chi connectivity index (χ0v) is 19.2. The first-order valence-electron chi connectivity index (χ1n) is 11.2. The number of halogens is 4. The van der Waals surface area contributed by atoms with Gasteiger partial charge in [0.1, 0.15) is 12.4 Å². The molecule has 1 fully saturated rings. The first-order valence-corrected chi connectivity index (χ1v) is 11.2. The molecule has 35 heavy (non-hydrogen) atoms. The van der Waals surface area contributed by atoms with Crippen LogP contribution in [0.4, 0.5) is 17.6 Å². The number of alkyl halides is 3. The molecule has 2 atom stereocenters. The second kappa shape index (κ2) is 9.97. The molecule has 2 aromatic heterocycles. The molecule has 3 aromatic rings. The number of nitrogens with zero attached hydrogens (tertiary/aromatic N) is 4. The predicted molar refractivity (Wildman–Crippen MR) is 120 cm³/mol. The van der Waals surface area contributed by atoms with E-state index >= 15 is 0 Å². The van der Waals surface area contributed by atoms with Crippen molar-refractivity contribution in [3.05, 3.63) is 71.4 Å². The summed E-state index contributed by atoms with van der Waals surface area (Å²) in [5, 5.41) is 0. The standard InChI is InChI=1S/C25H24F4N4O2/c1-15-5-3-12-33(20(15)14-35-21-9-6-17(13-32-21)25(27,28)29)24(34)22-16(2)19(26)8-7-18(22)23-30-10-4-11-31-23/h4,6-11,13,15,20H,3,5,12,14H2,1-2H3. The van der Waals surface area contributed by atoms with E-state index in [0.29, 0.717) is 24.1 Å². The fraction of sp³-hybridized carbons (Fsp3) is 0.360. The summed E-state index contributed by atoms with van der Waals surface area (Å²) in [6, 6.07) is 6.11. The van der Waals surface area contributed by atoms with Gasteiger partial charge >= 0.3 is 6.18 Å². The van der Waals surface area contributed by atoms with Crippen LogP contribution in [0.25, 0.3) is 11.4 Å². The zero-order valence-electron chi connectivity index (χ0n) is 19.2. The van der Waals surface area contributed by atoms with E-state index in [-0.39, 0.29) is 41.5 Å². The minimum atomic E-state index is -4.49. The highest BCUT2D eigenvalue weighted by atomic mass is 19.4. The van der Waals surface area contributed by atoms with E-state index in [1.54, 1.807) is 30.3 Å². The molecule has 2 unspecified atom stereocenters. The SMILES string of the molecule is Cc1c(F)ccc(-c2ncccn2)c1C(=O)N1CCCC(C)C1COc1ccc(C(F)(F)F)cn1. The second-order valence-electron chi connectivity index (χ2n) is 8.55. The van der Waals surface area contributed by atoms with Crippen molar-refractivity contribution in [2.45, 2.75) is 38.9 Å². The maximum atomic E-state index is 14.5. The molecule has 0 saturated carbocycles. The molecule has 6 nitrogen and oxygen atoms in total. The van der Waals surface area contributed by atoms with Gasteiger partial charge in [-0.1, -0.05) is 6.92 Å². The van der Waals surface area contributed by atoms with Crippen LogP contribution in [0, 0.1) is 18.7 Å². The number of rotatable bonds is 5. The van der Waals surface area contributed by atoms with Gasteiger partial charge in [0.05, 0.1) is 17.2 Å². The van der Waals surface area contributed by atoms with Crippen LogP contribution in [-0.2, 0) is 6.18 Å². The lowest BCUT2D eigenvalue weighted by atomic mass is 9.89. The summed E-state index contributed by atoms with van der Waals surface area (Å²) in [5.74, 6) is -0.494. The molecular formula is C25H24F4N4O2. The van der Waals surface area contributed by atoms with E-state index in [0.717, 1.165) is 25.0 Å². The van der Waals surface area contributed by atoms with Gasteiger partial charge in [-0.15, -0.1) is 0 Å². The summed E-state index contributed by atoms with van der Waals surface area (Å²) in [6.45, 7) is 3.99. The summed E-state index contributed by atoms with van der Waals surface area (Å²) < 4.78 is 58.6. The third-order valence-corrected chi connectivity index (χ3v) is 6.26. The molecule has 1 aliphatic rings. The van der Waals surface area contributed by atoms with Crippen molar-refractivity contribution in [1.29, 1.82) is 0 Å². The number of carbonyl (C=O) groups is 1. The van der Waals surface area contributed by atoms with E-state index in [1.807, 2.05) is 6.92 Å². The van der Waals surface area contributed by atoms with Gasteiger partial charge in [0.2, 0.25) is 5.88 Å². The van der Waals surface area contributed by atoms with Crippen LogP contribution in [0.5, 0.6) is 5.88 Å². The molecule has 0 spiro atoms. The van der Waals surface area contributed by atoms with Gasteiger partial charge in [0, 0.05) is 36.8 Å². The lowest BCUT2D eigenvalue weighted by molar-refractivity contribution is -0.137. The monoisotopic (exact) mass is 488 g/mol. The van der Waals surface area contributed by atoms with Gasteiger partial charge in [-0.25, -0.2) is 19.3 Å². The molecule has 1 amide bonds. The van der Waals surface area contributed by atoms with Gasteiger partial charge in [-0.2, -0.15) is 13.2 Å². The molecule has 0 radical (unpaired) electrons. The maximum absolute atomic E-state index is 14.5. The number of amides is 1. The number of likely N-dealkylation sites (tertiary alicyclic amines) is 1. The van der Waals surface area contributed by atoms with Crippen molar-refractivity contribution in [3.8, 4) is 17.3 Å². The quantitative estimate of drug-likeness (QED) is 0.455. The number of pyridine rings is 1. The Kier molecular flexibility index (Phi) is 7.00. The van der Waals surface area contributed by atoms with Crippen molar-refractivity contribution in [3.63, 3.8) is 0 Å². The summed E-state index contributed by atoms with van der Waals surface area (Å²) in [4.78, 5) is 27.6. The lowest BCUT2D eigenvalue weighted by Crippen LogP contribution is -2.51. The molecule has 0 N–H and O–H groups in total. The molecule has 10 heteroatoms. The Balaban J connectivity index is 1.61. The Labute approximate surface area is 200 Å². The molecule has 0 aliphatic carbocycles. The van der Waals surface area contributed by atoms with Crippen molar-refractivity contribution in [1.82, 2.24) is 19.9 Å². The van der Waals surface area contributed by atoms with E-state index < -0.39 is 17.6 Å². The Morgan fingerprint density at radius 3 is 2.54 bits per heavy atom. The van der Waals surface area contributed by atoms with Gasteiger partial charge in [-0.3, -0.25) is 4.79 Å². The largest absolute Gasteiger partial charge is 0.475 e. The molecule has 184 valence electrons. The maximum Gasteiger partial charge on any atom is 0.417 e. The summed E-state index contributed by atoms with van der Waals surface area (Å²) >= 11 is 0. The number of aromatic nitrogens is 3. The van der Waals surface area contributed by atoms with Crippen LogP contribution in [-0.4, -0.2) is 45.0 Å². The fourth-order valence-corrected chi connectivity index (χ4v) is 4.29. The topological polar surface area (TPSA) is 68.2 Å². The Hall–Kier alpha value is -3.56. The van der Waals surface area contributed by atoms with Gasteiger partial charge in [0.25, 0.3) is 5.91 Å². The molecule has 0 bridgehead atoms. The average molecular weight is 488 g/mol. The first kappa shape index (κ1) is 24.6. The van der Waals surface area contributed by atoms with Crippen molar-refractivity contribution < 1.29 is 27.1 Å². The highest BCUT2D eigenvalue weighted by Crippen LogP contribution is 2.32. The van der Waals surface area contributed by atoms with Crippen LogP contribution in [0.2, 0.25) is 0 Å². The van der Waals surface area contributed by atoms with Gasteiger partial charge in [-0.05, 0) is 55.5 Å². The summed E-state index contributed by atoms with van der Waals surface area (Å²) in [7, 11) is 0. The van der Waals surface area contributed by atoms with Crippen LogP contribution in [0.1, 0.15) is 41.3 Å². The number of hydrogen-bond acceptors (Lipinski definition) is 5. The number of carbonyl (C=O) groups excluding carboxylic acids is 1. The van der Waals surface area contributed by atoms with Crippen molar-refractivity contribution in [2.75, 3.05) is 13.2 Å².